The number of halogens is 3. The molecule has 0 amide bonds. The summed E-state index contributed by atoms with van der Waals surface area (Å²) in [5.74, 6) is -1.39. The number of nitrogens with zero attached hydrogens (tertiary/aromatic N) is 1. The number of phenolic OH excluding ortho intramolecular Hbond substituents is 1. The SMILES string of the molecule is C.Oc1ccc2c(c1)CCCC(c1ccc(SC(F)F)cc1)=C2c1ccc(O[C@H]2CCN(CCCF)C2)cc1. The first kappa shape index (κ1) is 29.1. The Balaban J connectivity index is 0.00000353. The molecule has 0 aromatic heterocycles. The summed E-state index contributed by atoms with van der Waals surface area (Å²) < 4.78 is 44.5. The van der Waals surface area contributed by atoms with Crippen LogP contribution in [-0.4, -0.2) is 48.2 Å². The zero-order chi connectivity index (χ0) is 26.5. The van der Waals surface area contributed by atoms with E-state index < -0.39 is 5.76 Å². The monoisotopic (exact) mass is 555 g/mol. The van der Waals surface area contributed by atoms with Crippen molar-refractivity contribution < 1.29 is 23.0 Å². The van der Waals surface area contributed by atoms with E-state index >= 15 is 0 Å². The summed E-state index contributed by atoms with van der Waals surface area (Å²) in [7, 11) is 0. The molecule has 1 N–H and O–H groups in total. The van der Waals surface area contributed by atoms with Crippen molar-refractivity contribution in [2.24, 2.45) is 0 Å². The summed E-state index contributed by atoms with van der Waals surface area (Å²) in [5, 5.41) is 10.1. The zero-order valence-electron chi connectivity index (χ0n) is 21.2. The number of allylic oxidation sites excluding steroid dienone is 1. The molecule has 1 saturated heterocycles. The highest BCUT2D eigenvalue weighted by Gasteiger charge is 2.24. The van der Waals surface area contributed by atoms with Crippen LogP contribution in [0.2, 0.25) is 0 Å². The van der Waals surface area contributed by atoms with Crippen LogP contribution in [0.15, 0.2) is 71.6 Å². The van der Waals surface area contributed by atoms with E-state index in [1.165, 1.54) is 0 Å². The Bertz CT molecular complexity index is 1260. The lowest BCUT2D eigenvalue weighted by Crippen LogP contribution is -2.26. The molecule has 0 radical (unpaired) electrons. The van der Waals surface area contributed by atoms with Gasteiger partial charge >= 0.3 is 0 Å². The van der Waals surface area contributed by atoms with Gasteiger partial charge in [0.15, 0.2) is 0 Å². The highest BCUT2D eigenvalue weighted by Crippen LogP contribution is 2.41. The molecule has 1 fully saturated rings. The fourth-order valence-corrected chi connectivity index (χ4v) is 6.00. The van der Waals surface area contributed by atoms with E-state index in [-0.39, 0.29) is 26.0 Å². The number of ether oxygens (including phenoxy) is 1. The Hall–Kier alpha value is -2.90. The number of phenols is 1. The van der Waals surface area contributed by atoms with E-state index in [1.807, 2.05) is 36.4 Å². The van der Waals surface area contributed by atoms with Gasteiger partial charge in [-0.15, -0.1) is 0 Å². The minimum Gasteiger partial charge on any atom is -0.508 e. The Morgan fingerprint density at radius 1 is 0.974 bits per heavy atom. The summed E-state index contributed by atoms with van der Waals surface area (Å²) >= 11 is 0.553. The number of hydrogen-bond donors (Lipinski definition) is 1. The molecule has 7 heteroatoms. The van der Waals surface area contributed by atoms with Crippen molar-refractivity contribution in [3.63, 3.8) is 0 Å². The van der Waals surface area contributed by atoms with E-state index in [0.717, 1.165) is 84.5 Å². The van der Waals surface area contributed by atoms with Gasteiger partial charge in [-0.05, 0) is 102 Å². The first-order valence-corrected chi connectivity index (χ1v) is 14.0. The lowest BCUT2D eigenvalue weighted by atomic mass is 9.88. The third-order valence-electron chi connectivity index (χ3n) is 7.24. The van der Waals surface area contributed by atoms with Crippen LogP contribution in [-0.2, 0) is 6.42 Å². The van der Waals surface area contributed by atoms with Gasteiger partial charge in [0, 0.05) is 24.5 Å². The maximum absolute atomic E-state index is 12.8. The van der Waals surface area contributed by atoms with Crippen molar-refractivity contribution in [2.45, 2.75) is 56.3 Å². The van der Waals surface area contributed by atoms with Gasteiger partial charge in [0.05, 0.1) is 6.67 Å². The average Bonchev–Trinajstić information content (AvgIpc) is 3.27. The number of rotatable bonds is 9. The molecule has 1 atom stereocenters. The van der Waals surface area contributed by atoms with Gasteiger partial charge in [0.1, 0.15) is 17.6 Å². The topological polar surface area (TPSA) is 32.7 Å². The predicted molar refractivity (Wildman–Crippen MR) is 155 cm³/mol. The van der Waals surface area contributed by atoms with Crippen LogP contribution in [0.3, 0.4) is 0 Å². The Kier molecular flexibility index (Phi) is 10.0. The smallest absolute Gasteiger partial charge is 0.288 e. The second-order valence-corrected chi connectivity index (χ2v) is 10.9. The molecule has 39 heavy (non-hydrogen) atoms. The molecule has 2 aliphatic rings. The van der Waals surface area contributed by atoms with Crippen molar-refractivity contribution in [1.82, 2.24) is 4.90 Å². The number of alkyl halides is 3. The number of thioether (sulfide) groups is 1. The molecular weight excluding hydrogens is 519 g/mol. The van der Waals surface area contributed by atoms with Crippen LogP contribution in [0.4, 0.5) is 13.2 Å². The minimum absolute atomic E-state index is 0. The molecule has 0 saturated carbocycles. The summed E-state index contributed by atoms with van der Waals surface area (Å²) in [6, 6.07) is 21.0. The van der Waals surface area contributed by atoms with Gasteiger partial charge in [-0.2, -0.15) is 8.78 Å². The van der Waals surface area contributed by atoms with Crippen LogP contribution < -0.4 is 4.74 Å². The van der Waals surface area contributed by atoms with Crippen molar-refractivity contribution in [3.8, 4) is 11.5 Å². The molecule has 1 aliphatic carbocycles. The number of aromatic hydroxyl groups is 1. The maximum Gasteiger partial charge on any atom is 0.288 e. The van der Waals surface area contributed by atoms with Crippen molar-refractivity contribution in [2.75, 3.05) is 26.3 Å². The third-order valence-corrected chi connectivity index (χ3v) is 7.97. The first-order chi connectivity index (χ1) is 18.5. The number of likely N-dealkylation sites (tertiary alicyclic amines) is 1. The van der Waals surface area contributed by atoms with Crippen molar-refractivity contribution in [3.05, 3.63) is 89.0 Å². The molecular formula is C32H36F3NO2S. The Morgan fingerprint density at radius 3 is 2.44 bits per heavy atom. The summed E-state index contributed by atoms with van der Waals surface area (Å²) in [5.41, 5.74) is 6.49. The van der Waals surface area contributed by atoms with Crippen LogP contribution in [0, 0.1) is 0 Å². The van der Waals surface area contributed by atoms with Crippen LogP contribution >= 0.6 is 11.8 Å². The lowest BCUT2D eigenvalue weighted by molar-refractivity contribution is 0.198. The van der Waals surface area contributed by atoms with Gasteiger partial charge in [-0.3, -0.25) is 9.29 Å². The highest BCUT2D eigenvalue weighted by molar-refractivity contribution is 7.99. The maximum atomic E-state index is 12.8. The fraction of sp³-hybridized carbons (Fsp3) is 0.375. The number of aryl methyl sites for hydroxylation is 1. The summed E-state index contributed by atoms with van der Waals surface area (Å²) in [6.07, 6.45) is 4.19. The van der Waals surface area contributed by atoms with E-state index in [0.29, 0.717) is 23.1 Å². The number of benzene rings is 3. The largest absolute Gasteiger partial charge is 0.508 e. The molecule has 0 unspecified atom stereocenters. The minimum atomic E-state index is -2.45. The number of hydrogen-bond acceptors (Lipinski definition) is 4. The molecule has 3 aromatic rings. The normalized spacial score (nSPS) is 17.6. The second kappa shape index (κ2) is 13.4. The van der Waals surface area contributed by atoms with Gasteiger partial charge < -0.3 is 9.84 Å². The highest BCUT2D eigenvalue weighted by atomic mass is 32.2. The third kappa shape index (κ3) is 7.20. The van der Waals surface area contributed by atoms with Crippen LogP contribution in [0.25, 0.3) is 11.1 Å². The Labute approximate surface area is 233 Å². The van der Waals surface area contributed by atoms with E-state index in [2.05, 4.69) is 17.0 Å². The van der Waals surface area contributed by atoms with Crippen LogP contribution in [0.5, 0.6) is 11.5 Å². The molecule has 0 bridgehead atoms. The number of fused-ring (bicyclic) bond motifs is 1. The molecule has 208 valence electrons. The van der Waals surface area contributed by atoms with E-state index in [4.69, 9.17) is 4.74 Å². The van der Waals surface area contributed by atoms with Gasteiger partial charge in [-0.25, -0.2) is 0 Å². The first-order valence-electron chi connectivity index (χ1n) is 13.2. The standard InChI is InChI=1S/C31H32F3NO2S.CH4/c32-16-2-17-35-18-15-26(20-35)37-25-10-5-22(6-11-25)30-28(21-7-12-27(13-8-21)38-31(33)34)4-1-3-23-19-24(36)9-14-29(23)30;/h5-14,19,26,31,36H,1-4,15-18,20H2;1H4/t26-;/m0./s1. The van der Waals surface area contributed by atoms with Crippen molar-refractivity contribution >= 4 is 22.9 Å². The molecule has 1 heterocycles. The average molecular weight is 556 g/mol. The van der Waals surface area contributed by atoms with Gasteiger partial charge in [0.2, 0.25) is 0 Å². The molecule has 5 rings (SSSR count). The molecule has 3 nitrogen and oxygen atoms in total. The quantitative estimate of drug-likeness (QED) is 0.269. The lowest BCUT2D eigenvalue weighted by Gasteiger charge is -2.19. The summed E-state index contributed by atoms with van der Waals surface area (Å²) in [6.45, 7) is 2.22. The van der Waals surface area contributed by atoms with Crippen molar-refractivity contribution in [1.29, 1.82) is 0 Å². The molecule has 3 aromatic carbocycles. The van der Waals surface area contributed by atoms with E-state index in [1.54, 1.807) is 18.2 Å². The van der Waals surface area contributed by atoms with E-state index in [9.17, 15) is 18.3 Å². The van der Waals surface area contributed by atoms with Crippen LogP contribution in [0.1, 0.15) is 55.4 Å². The molecule has 1 aliphatic heterocycles. The molecule has 0 spiro atoms. The Morgan fingerprint density at radius 2 is 1.72 bits per heavy atom. The zero-order valence-corrected chi connectivity index (χ0v) is 22.0. The second-order valence-electron chi connectivity index (χ2n) is 9.85. The predicted octanol–water partition coefficient (Wildman–Crippen LogP) is 8.45. The summed E-state index contributed by atoms with van der Waals surface area (Å²) in [4.78, 5) is 2.79. The fourth-order valence-electron chi connectivity index (χ4n) is 5.50. The van der Waals surface area contributed by atoms with Gasteiger partial charge in [-0.1, -0.05) is 49.5 Å². The van der Waals surface area contributed by atoms with Gasteiger partial charge in [0.25, 0.3) is 5.76 Å².